The number of halogens is 1. The average Bonchev–Trinajstić information content (AvgIpc) is 2.18. The first-order valence-corrected chi connectivity index (χ1v) is 5.31. The zero-order chi connectivity index (χ0) is 11.3. The fraction of sp³-hybridized carbons (Fsp3) is 0.250. The molecule has 0 aliphatic rings. The van der Waals surface area contributed by atoms with Crippen molar-refractivity contribution in [2.45, 2.75) is 13.3 Å². The van der Waals surface area contributed by atoms with E-state index in [-0.39, 0.29) is 5.78 Å². The molecule has 1 aromatic carbocycles. The molecule has 1 rings (SSSR count). The predicted octanol–water partition coefficient (Wildman–Crippen LogP) is 3.05. The predicted molar refractivity (Wildman–Crippen MR) is 63.1 cm³/mol. The highest BCUT2D eigenvalue weighted by Gasteiger charge is 2.08. The number of carbonyl (C=O) groups is 1. The zero-order valence-electron chi connectivity index (χ0n) is 8.42. The molecule has 0 radical (unpaired) electrons. The lowest BCUT2D eigenvalue weighted by Gasteiger charge is -2.08. The van der Waals surface area contributed by atoms with E-state index < -0.39 is 0 Å². The first-order chi connectivity index (χ1) is 7.15. The molecule has 0 atom stereocenters. The van der Waals surface area contributed by atoms with Crippen molar-refractivity contribution in [3.05, 3.63) is 28.2 Å². The fourth-order valence-electron chi connectivity index (χ4n) is 1.13. The third kappa shape index (κ3) is 3.41. The lowest BCUT2D eigenvalue weighted by molar-refractivity contribution is 0.101. The number of ketones is 1. The quantitative estimate of drug-likeness (QED) is 0.476. The second-order valence-corrected chi connectivity index (χ2v) is 3.91. The summed E-state index contributed by atoms with van der Waals surface area (Å²) >= 11 is 3.32. The van der Waals surface area contributed by atoms with Gasteiger partial charge in [0, 0.05) is 10.9 Å². The number of hydrogen-bond donors (Lipinski definition) is 0. The fourth-order valence-corrected chi connectivity index (χ4v) is 1.47. The van der Waals surface area contributed by atoms with Crippen LogP contribution in [0, 0.1) is 12.3 Å². The molecule has 1 aromatic rings. The Bertz CT molecular complexity index is 405. The van der Waals surface area contributed by atoms with Crippen molar-refractivity contribution in [1.29, 1.82) is 0 Å². The lowest BCUT2D eigenvalue weighted by Crippen LogP contribution is -2.02. The smallest absolute Gasteiger partial charge is 0.163 e. The van der Waals surface area contributed by atoms with E-state index >= 15 is 0 Å². The Hall–Kier alpha value is -1.27. The molecule has 0 aromatic heterocycles. The summed E-state index contributed by atoms with van der Waals surface area (Å²) in [4.78, 5) is 11.3. The maximum absolute atomic E-state index is 11.3. The van der Waals surface area contributed by atoms with E-state index in [0.717, 1.165) is 4.47 Å². The van der Waals surface area contributed by atoms with Gasteiger partial charge in [-0.05, 0) is 25.1 Å². The number of Topliss-reactive ketones (excluding diaryl/α,β-unsaturated/α-hetero) is 1. The van der Waals surface area contributed by atoms with Gasteiger partial charge >= 0.3 is 0 Å². The second kappa shape index (κ2) is 5.57. The highest BCUT2D eigenvalue weighted by atomic mass is 79.9. The molecule has 0 spiro atoms. The molecule has 0 amide bonds. The summed E-state index contributed by atoms with van der Waals surface area (Å²) in [5.74, 6) is 3.04. The molecule has 0 bridgehead atoms. The van der Waals surface area contributed by atoms with Crippen molar-refractivity contribution in [3.8, 4) is 18.1 Å². The van der Waals surface area contributed by atoms with Crippen molar-refractivity contribution < 1.29 is 9.53 Å². The summed E-state index contributed by atoms with van der Waals surface area (Å²) < 4.78 is 6.30. The minimum absolute atomic E-state index is 0.0155. The maximum Gasteiger partial charge on any atom is 0.163 e. The van der Waals surface area contributed by atoms with E-state index in [1.165, 1.54) is 6.92 Å². The van der Waals surface area contributed by atoms with Gasteiger partial charge in [0.25, 0.3) is 0 Å². The van der Waals surface area contributed by atoms with Gasteiger partial charge in [-0.3, -0.25) is 4.79 Å². The van der Waals surface area contributed by atoms with Crippen LogP contribution in [0.25, 0.3) is 0 Å². The number of rotatable bonds is 4. The van der Waals surface area contributed by atoms with Gasteiger partial charge in [0.1, 0.15) is 5.75 Å². The first kappa shape index (κ1) is 11.8. The Morgan fingerprint density at radius 3 is 2.93 bits per heavy atom. The van der Waals surface area contributed by atoms with Gasteiger partial charge in [0.05, 0.1) is 12.2 Å². The molecule has 0 heterocycles. The molecule has 0 aliphatic heterocycles. The summed E-state index contributed by atoms with van der Waals surface area (Å²) in [5, 5.41) is 0. The molecule has 0 fully saturated rings. The number of ether oxygens (including phenoxy) is 1. The number of hydrogen-bond acceptors (Lipinski definition) is 2. The topological polar surface area (TPSA) is 26.3 Å². The summed E-state index contributed by atoms with van der Waals surface area (Å²) in [7, 11) is 0. The van der Waals surface area contributed by atoms with Gasteiger partial charge in [0.2, 0.25) is 0 Å². The van der Waals surface area contributed by atoms with Gasteiger partial charge in [0.15, 0.2) is 5.78 Å². The van der Waals surface area contributed by atoms with E-state index in [1.807, 2.05) is 6.07 Å². The molecular weight excluding hydrogens is 256 g/mol. The molecule has 78 valence electrons. The first-order valence-electron chi connectivity index (χ1n) is 4.52. The lowest BCUT2D eigenvalue weighted by atomic mass is 10.1. The Kier molecular flexibility index (Phi) is 4.38. The second-order valence-electron chi connectivity index (χ2n) is 3.00. The Morgan fingerprint density at radius 1 is 1.60 bits per heavy atom. The molecule has 0 saturated heterocycles. The van der Waals surface area contributed by atoms with E-state index in [0.29, 0.717) is 24.3 Å². The highest BCUT2D eigenvalue weighted by molar-refractivity contribution is 9.10. The summed E-state index contributed by atoms with van der Waals surface area (Å²) in [6.07, 6.45) is 5.65. The SMILES string of the molecule is C#CCCOc1cc(Br)ccc1C(C)=O. The largest absolute Gasteiger partial charge is 0.492 e. The van der Waals surface area contributed by atoms with Crippen LogP contribution in [0.1, 0.15) is 23.7 Å². The van der Waals surface area contributed by atoms with E-state index in [9.17, 15) is 4.79 Å². The van der Waals surface area contributed by atoms with E-state index in [1.54, 1.807) is 12.1 Å². The molecule has 15 heavy (non-hydrogen) atoms. The third-order valence-corrected chi connectivity index (χ3v) is 2.32. The Morgan fingerprint density at radius 2 is 2.33 bits per heavy atom. The Balaban J connectivity index is 2.88. The molecule has 0 aliphatic carbocycles. The molecule has 2 nitrogen and oxygen atoms in total. The highest BCUT2D eigenvalue weighted by Crippen LogP contribution is 2.24. The minimum Gasteiger partial charge on any atom is -0.492 e. The number of benzene rings is 1. The van der Waals surface area contributed by atoms with Gasteiger partial charge < -0.3 is 4.74 Å². The summed E-state index contributed by atoms with van der Waals surface area (Å²) in [5.41, 5.74) is 0.579. The minimum atomic E-state index is -0.0155. The molecule has 3 heteroatoms. The summed E-state index contributed by atoms with van der Waals surface area (Å²) in [6, 6.07) is 5.32. The van der Waals surface area contributed by atoms with Crippen molar-refractivity contribution in [1.82, 2.24) is 0 Å². The third-order valence-electron chi connectivity index (χ3n) is 1.83. The van der Waals surface area contributed by atoms with Gasteiger partial charge in [-0.15, -0.1) is 12.3 Å². The molecule has 0 N–H and O–H groups in total. The van der Waals surface area contributed by atoms with Crippen LogP contribution in [0.4, 0.5) is 0 Å². The number of terminal acetylenes is 1. The average molecular weight is 267 g/mol. The van der Waals surface area contributed by atoms with Crippen LogP contribution in [0.5, 0.6) is 5.75 Å². The monoisotopic (exact) mass is 266 g/mol. The van der Waals surface area contributed by atoms with Crippen LogP contribution >= 0.6 is 15.9 Å². The van der Waals surface area contributed by atoms with Gasteiger partial charge in [-0.25, -0.2) is 0 Å². The Labute approximate surface area is 97.8 Å². The zero-order valence-corrected chi connectivity index (χ0v) is 10.0. The molecule has 0 unspecified atom stereocenters. The molecular formula is C12H11BrO2. The number of carbonyl (C=O) groups excluding carboxylic acids is 1. The van der Waals surface area contributed by atoms with Crippen molar-refractivity contribution >= 4 is 21.7 Å². The van der Waals surface area contributed by atoms with Crippen LogP contribution in [0.3, 0.4) is 0 Å². The van der Waals surface area contributed by atoms with E-state index in [2.05, 4.69) is 21.9 Å². The maximum atomic E-state index is 11.3. The van der Waals surface area contributed by atoms with E-state index in [4.69, 9.17) is 11.2 Å². The summed E-state index contributed by atoms with van der Waals surface area (Å²) in [6.45, 7) is 1.94. The molecule has 0 saturated carbocycles. The van der Waals surface area contributed by atoms with Gasteiger partial charge in [-0.2, -0.15) is 0 Å². The van der Waals surface area contributed by atoms with Crippen molar-refractivity contribution in [2.24, 2.45) is 0 Å². The van der Waals surface area contributed by atoms with Crippen molar-refractivity contribution in [3.63, 3.8) is 0 Å². The van der Waals surface area contributed by atoms with Gasteiger partial charge in [-0.1, -0.05) is 15.9 Å². The van der Waals surface area contributed by atoms with Crippen LogP contribution in [-0.2, 0) is 0 Å². The van der Waals surface area contributed by atoms with Crippen LogP contribution < -0.4 is 4.74 Å². The normalized spacial score (nSPS) is 9.40. The van der Waals surface area contributed by atoms with Crippen LogP contribution in [0.15, 0.2) is 22.7 Å². The van der Waals surface area contributed by atoms with Crippen molar-refractivity contribution in [2.75, 3.05) is 6.61 Å². The van der Waals surface area contributed by atoms with Crippen LogP contribution in [0.2, 0.25) is 0 Å². The standard InChI is InChI=1S/C12H11BrO2/c1-3-4-7-15-12-8-10(13)5-6-11(12)9(2)14/h1,5-6,8H,4,7H2,2H3. The van der Waals surface area contributed by atoms with Crippen LogP contribution in [-0.4, -0.2) is 12.4 Å².